The number of aromatic carboxylic acids is 1. The SMILES string of the molecule is Cc1nnc(-c2ccc(N3CCN(c4ncc(C(=O)O)c(C(F)(F)F)n4)C(C(C)C)C3)cc2S(C)(=O)=O)o1. The third kappa shape index (κ3) is 5.42. The number of carbonyl (C=O) groups is 1. The molecule has 1 fully saturated rings. The predicted molar refractivity (Wildman–Crippen MR) is 130 cm³/mol. The van der Waals surface area contributed by atoms with Crippen LogP contribution in [0.1, 0.15) is 35.8 Å². The Morgan fingerprint density at radius 3 is 2.47 bits per heavy atom. The molecule has 15 heteroatoms. The van der Waals surface area contributed by atoms with Gasteiger partial charge in [0.2, 0.25) is 17.7 Å². The Kier molecular flexibility index (Phi) is 7.07. The highest BCUT2D eigenvalue weighted by atomic mass is 32.2. The minimum absolute atomic E-state index is 0.00425. The fourth-order valence-electron chi connectivity index (χ4n) is 4.34. The van der Waals surface area contributed by atoms with Gasteiger partial charge in [0.15, 0.2) is 15.5 Å². The van der Waals surface area contributed by atoms with E-state index in [-0.39, 0.29) is 46.7 Å². The average molecular weight is 555 g/mol. The molecule has 0 aliphatic carbocycles. The van der Waals surface area contributed by atoms with Gasteiger partial charge in [-0.15, -0.1) is 10.2 Å². The number of alkyl halides is 3. The van der Waals surface area contributed by atoms with Crippen molar-refractivity contribution in [3.05, 3.63) is 41.5 Å². The monoisotopic (exact) mass is 554 g/mol. The average Bonchev–Trinajstić information content (AvgIpc) is 3.27. The van der Waals surface area contributed by atoms with Crippen LogP contribution in [0.2, 0.25) is 0 Å². The van der Waals surface area contributed by atoms with Gasteiger partial charge in [0.1, 0.15) is 5.56 Å². The molecule has 3 aromatic rings. The van der Waals surface area contributed by atoms with Crippen molar-refractivity contribution >= 4 is 27.4 Å². The number of hydrogen-bond donors (Lipinski definition) is 1. The summed E-state index contributed by atoms with van der Waals surface area (Å²) in [6.07, 6.45) is -3.22. The smallest absolute Gasteiger partial charge is 0.434 e. The van der Waals surface area contributed by atoms with Crippen LogP contribution in [0.4, 0.5) is 24.8 Å². The molecule has 3 heterocycles. The summed E-state index contributed by atoms with van der Waals surface area (Å²) >= 11 is 0. The lowest BCUT2D eigenvalue weighted by molar-refractivity contribution is -0.141. The molecule has 0 saturated carbocycles. The van der Waals surface area contributed by atoms with E-state index < -0.39 is 33.2 Å². The second kappa shape index (κ2) is 9.85. The molecule has 1 aliphatic rings. The van der Waals surface area contributed by atoms with Crippen molar-refractivity contribution < 1.29 is 35.9 Å². The first-order chi connectivity index (χ1) is 17.7. The van der Waals surface area contributed by atoms with Gasteiger partial charge in [-0.05, 0) is 24.1 Å². The Labute approximate surface area is 216 Å². The van der Waals surface area contributed by atoms with Crippen molar-refractivity contribution in [3.8, 4) is 11.5 Å². The Morgan fingerprint density at radius 2 is 1.92 bits per heavy atom. The number of halogens is 3. The van der Waals surface area contributed by atoms with Gasteiger partial charge < -0.3 is 19.3 Å². The lowest BCUT2D eigenvalue weighted by Gasteiger charge is -2.44. The molecule has 1 unspecified atom stereocenters. The van der Waals surface area contributed by atoms with Crippen LogP contribution in [0.5, 0.6) is 0 Å². The molecular weight excluding hydrogens is 529 g/mol. The number of carboxylic acids is 1. The summed E-state index contributed by atoms with van der Waals surface area (Å²) in [5.41, 5.74) is -1.67. The normalized spacial score (nSPS) is 16.8. The van der Waals surface area contributed by atoms with Crippen LogP contribution in [-0.4, -0.2) is 71.6 Å². The molecule has 0 amide bonds. The zero-order valence-electron chi connectivity index (χ0n) is 20.9. The van der Waals surface area contributed by atoms with Crippen LogP contribution in [0.3, 0.4) is 0 Å². The molecule has 4 rings (SSSR count). The van der Waals surface area contributed by atoms with Gasteiger partial charge in [-0.3, -0.25) is 0 Å². The summed E-state index contributed by atoms with van der Waals surface area (Å²) in [5.74, 6) is -1.70. The lowest BCUT2D eigenvalue weighted by Crippen LogP contribution is -2.56. The van der Waals surface area contributed by atoms with E-state index in [9.17, 15) is 26.4 Å². The van der Waals surface area contributed by atoms with E-state index in [1.165, 1.54) is 6.07 Å². The molecule has 1 saturated heterocycles. The van der Waals surface area contributed by atoms with Crippen LogP contribution in [0.25, 0.3) is 11.5 Å². The molecule has 38 heavy (non-hydrogen) atoms. The first-order valence-electron chi connectivity index (χ1n) is 11.5. The Bertz CT molecular complexity index is 1470. The minimum Gasteiger partial charge on any atom is -0.478 e. The number of anilines is 2. The third-order valence-corrected chi connectivity index (χ3v) is 7.34. The van der Waals surface area contributed by atoms with E-state index in [0.29, 0.717) is 25.0 Å². The third-order valence-electron chi connectivity index (χ3n) is 6.21. The molecular formula is C23H25F3N6O5S. The summed E-state index contributed by atoms with van der Waals surface area (Å²) in [7, 11) is -3.69. The first-order valence-corrected chi connectivity index (χ1v) is 13.4. The van der Waals surface area contributed by atoms with Gasteiger partial charge >= 0.3 is 12.1 Å². The van der Waals surface area contributed by atoms with Crippen molar-refractivity contribution in [2.45, 2.75) is 37.9 Å². The van der Waals surface area contributed by atoms with Crippen molar-refractivity contribution in [3.63, 3.8) is 0 Å². The zero-order valence-corrected chi connectivity index (χ0v) is 21.7. The molecule has 204 valence electrons. The summed E-state index contributed by atoms with van der Waals surface area (Å²) in [4.78, 5) is 22.4. The van der Waals surface area contributed by atoms with E-state index in [1.807, 2.05) is 18.7 Å². The number of rotatable bonds is 6. The summed E-state index contributed by atoms with van der Waals surface area (Å²) < 4.78 is 71.2. The van der Waals surface area contributed by atoms with E-state index in [2.05, 4.69) is 20.2 Å². The molecule has 1 aromatic carbocycles. The Morgan fingerprint density at radius 1 is 1.21 bits per heavy atom. The standard InChI is InChI=1S/C23H25F3N6O5S/c1-12(2)17-11-31(7-8-32(17)22-27-10-16(21(33)34)19(28-22)23(24,25)26)14-5-6-15(18(9-14)38(4,35)36)20-30-29-13(3)37-20/h5-6,9-10,12,17H,7-8,11H2,1-4H3,(H,33,34). The molecule has 1 aliphatic heterocycles. The van der Waals surface area contributed by atoms with Crippen LogP contribution in [-0.2, 0) is 16.0 Å². The van der Waals surface area contributed by atoms with Crippen molar-refractivity contribution in [1.82, 2.24) is 20.2 Å². The number of aromatic nitrogens is 4. The zero-order chi connectivity index (χ0) is 28.0. The molecule has 0 spiro atoms. The molecule has 2 aromatic heterocycles. The van der Waals surface area contributed by atoms with E-state index >= 15 is 0 Å². The summed E-state index contributed by atoms with van der Waals surface area (Å²) in [6, 6.07) is 4.45. The quantitative estimate of drug-likeness (QED) is 0.479. The first kappa shape index (κ1) is 27.3. The molecule has 1 N–H and O–H groups in total. The predicted octanol–water partition coefficient (Wildman–Crippen LogP) is 3.31. The van der Waals surface area contributed by atoms with Gasteiger partial charge in [-0.2, -0.15) is 13.2 Å². The Balaban J connectivity index is 1.68. The van der Waals surface area contributed by atoms with Crippen molar-refractivity contribution in [1.29, 1.82) is 0 Å². The van der Waals surface area contributed by atoms with E-state index in [0.717, 1.165) is 6.26 Å². The fraction of sp³-hybridized carbons (Fsp3) is 0.435. The summed E-state index contributed by atoms with van der Waals surface area (Å²) in [6.45, 7) is 6.22. The highest BCUT2D eigenvalue weighted by molar-refractivity contribution is 7.90. The highest BCUT2D eigenvalue weighted by Crippen LogP contribution is 2.35. The second-order valence-corrected chi connectivity index (χ2v) is 11.2. The van der Waals surface area contributed by atoms with Crippen LogP contribution in [0.15, 0.2) is 33.7 Å². The van der Waals surface area contributed by atoms with E-state index in [1.54, 1.807) is 24.0 Å². The molecule has 1 atom stereocenters. The number of benzene rings is 1. The highest BCUT2D eigenvalue weighted by Gasteiger charge is 2.40. The maximum atomic E-state index is 13.5. The summed E-state index contributed by atoms with van der Waals surface area (Å²) in [5, 5.41) is 16.8. The minimum atomic E-state index is -4.97. The lowest BCUT2D eigenvalue weighted by atomic mass is 9.99. The maximum Gasteiger partial charge on any atom is 0.434 e. The van der Waals surface area contributed by atoms with Gasteiger partial charge in [0, 0.05) is 44.7 Å². The number of sulfone groups is 1. The second-order valence-electron chi connectivity index (χ2n) is 9.26. The fourth-order valence-corrected chi connectivity index (χ4v) is 5.23. The molecule has 0 radical (unpaired) electrons. The van der Waals surface area contributed by atoms with Crippen molar-refractivity contribution in [2.24, 2.45) is 5.92 Å². The number of aryl methyl sites for hydroxylation is 1. The number of hydrogen-bond acceptors (Lipinski definition) is 10. The van der Waals surface area contributed by atoms with Crippen LogP contribution < -0.4 is 9.80 Å². The van der Waals surface area contributed by atoms with Gasteiger partial charge in [0.05, 0.1) is 16.5 Å². The van der Waals surface area contributed by atoms with Crippen LogP contribution in [0, 0.1) is 12.8 Å². The largest absolute Gasteiger partial charge is 0.478 e. The number of piperazine rings is 1. The van der Waals surface area contributed by atoms with Gasteiger partial charge in [-0.1, -0.05) is 13.8 Å². The number of carboxylic acid groups (broad SMARTS) is 1. The molecule has 0 bridgehead atoms. The number of nitrogens with zero attached hydrogens (tertiary/aromatic N) is 6. The van der Waals surface area contributed by atoms with Crippen LogP contribution >= 0.6 is 0 Å². The molecule has 11 nitrogen and oxygen atoms in total. The van der Waals surface area contributed by atoms with E-state index in [4.69, 9.17) is 9.52 Å². The maximum absolute atomic E-state index is 13.5. The Hall–Kier alpha value is -3.75. The van der Waals surface area contributed by atoms with Gasteiger partial charge in [-0.25, -0.2) is 23.2 Å². The topological polar surface area (TPSA) is 143 Å². The van der Waals surface area contributed by atoms with Gasteiger partial charge in [0.25, 0.3) is 0 Å². The van der Waals surface area contributed by atoms with Crippen molar-refractivity contribution in [2.75, 3.05) is 35.7 Å².